The van der Waals surface area contributed by atoms with Crippen molar-refractivity contribution in [3.8, 4) is 23.1 Å². The Bertz CT molecular complexity index is 2750. The molecule has 5 heterocycles. The molecule has 0 spiro atoms. The van der Waals surface area contributed by atoms with Crippen LogP contribution in [0.1, 0.15) is 91.6 Å². The Morgan fingerprint density at radius 2 is 1.81 bits per heavy atom. The third-order valence-electron chi connectivity index (χ3n) is 11.2. The molecule has 302 valence electrons. The summed E-state index contributed by atoms with van der Waals surface area (Å²) in [5.74, 6) is 5.70. The van der Waals surface area contributed by atoms with Crippen LogP contribution in [0.5, 0.6) is 0 Å². The van der Waals surface area contributed by atoms with Gasteiger partial charge in [0, 0.05) is 72.0 Å². The number of rotatable bonds is 12. The van der Waals surface area contributed by atoms with E-state index in [0.29, 0.717) is 42.7 Å². The number of aromatic nitrogens is 3. The maximum atomic E-state index is 13.0. The van der Waals surface area contributed by atoms with Gasteiger partial charge in [-0.05, 0) is 86.7 Å². The molecule has 8 rings (SSSR count). The molecule has 0 radical (unpaired) electrons. The van der Waals surface area contributed by atoms with Crippen molar-refractivity contribution < 1.29 is 19.2 Å². The van der Waals surface area contributed by atoms with Gasteiger partial charge in [0.2, 0.25) is 17.7 Å². The van der Waals surface area contributed by atoms with E-state index in [9.17, 15) is 24.0 Å². The number of nitrogens with zero attached hydrogens (tertiary/aromatic N) is 3. The van der Waals surface area contributed by atoms with E-state index in [2.05, 4.69) is 39.2 Å². The molecular weight excluding hydrogens is 763 g/mol. The molecule has 59 heavy (non-hydrogen) atoms. The number of hydrogen-bond donors (Lipinski definition) is 4. The Morgan fingerprint density at radius 1 is 0.966 bits per heavy atom. The summed E-state index contributed by atoms with van der Waals surface area (Å²) in [7, 11) is 1.71. The third kappa shape index (κ3) is 8.50. The first-order valence-corrected chi connectivity index (χ1v) is 21.3. The van der Waals surface area contributed by atoms with E-state index in [1.54, 1.807) is 11.6 Å². The normalized spacial score (nSPS) is 16.5. The van der Waals surface area contributed by atoms with Gasteiger partial charge in [0.1, 0.15) is 10.9 Å². The number of anilines is 1. The van der Waals surface area contributed by atoms with Crippen LogP contribution in [0.2, 0.25) is 0 Å². The molecule has 2 aliphatic rings. The molecule has 4 amide bonds. The van der Waals surface area contributed by atoms with E-state index in [-0.39, 0.29) is 35.9 Å². The van der Waals surface area contributed by atoms with Gasteiger partial charge in [-0.25, -0.2) is 9.78 Å². The number of aryl methyl sites for hydroxylation is 2. The first kappa shape index (κ1) is 39.6. The molecule has 1 saturated heterocycles. The van der Waals surface area contributed by atoms with Crippen molar-refractivity contribution in [1.82, 2.24) is 30.1 Å². The number of nitrogens with one attached hydrogen (secondary N) is 4. The predicted octanol–water partition coefficient (Wildman–Crippen LogP) is 6.73. The van der Waals surface area contributed by atoms with Crippen LogP contribution in [0.25, 0.3) is 43.3 Å². The maximum absolute atomic E-state index is 13.0. The first-order valence-electron chi connectivity index (χ1n) is 20.4. The van der Waals surface area contributed by atoms with E-state index in [4.69, 9.17) is 4.98 Å². The lowest BCUT2D eigenvalue weighted by Crippen LogP contribution is -2.44. The number of carbonyl (C=O) groups excluding carboxylic acids is 4. The molecule has 3 aromatic carbocycles. The van der Waals surface area contributed by atoms with Gasteiger partial charge in [-0.1, -0.05) is 49.3 Å². The third-order valence-corrected chi connectivity index (χ3v) is 12.4. The smallest absolute Gasteiger partial charge is 0.329 e. The van der Waals surface area contributed by atoms with Crippen LogP contribution in [0.15, 0.2) is 71.5 Å². The van der Waals surface area contributed by atoms with Crippen molar-refractivity contribution in [2.24, 2.45) is 7.05 Å². The summed E-state index contributed by atoms with van der Waals surface area (Å²) < 4.78 is 4.13. The van der Waals surface area contributed by atoms with Gasteiger partial charge in [0.15, 0.2) is 0 Å². The molecule has 13 heteroatoms. The molecule has 0 bridgehead atoms. The number of carbonyl (C=O) groups is 4. The van der Waals surface area contributed by atoms with Gasteiger partial charge in [-0.2, -0.15) is 0 Å². The molecule has 12 nitrogen and oxygen atoms in total. The average Bonchev–Trinajstić information content (AvgIpc) is 3.68. The minimum atomic E-state index is -0.687. The Labute approximate surface area is 345 Å². The maximum Gasteiger partial charge on any atom is 0.329 e. The Hall–Kier alpha value is -6.26. The number of piperidine rings is 1. The van der Waals surface area contributed by atoms with E-state index < -0.39 is 11.9 Å². The number of thiophene rings is 1. The molecular formula is C46H47N7O5S. The van der Waals surface area contributed by atoms with Crippen LogP contribution in [0.3, 0.4) is 0 Å². The summed E-state index contributed by atoms with van der Waals surface area (Å²) >= 11 is 1.50. The number of fused-ring (bicyclic) bond motifs is 6. The number of imide groups is 1. The van der Waals surface area contributed by atoms with Crippen molar-refractivity contribution in [2.75, 3.05) is 18.4 Å². The van der Waals surface area contributed by atoms with Crippen LogP contribution in [0, 0.1) is 11.8 Å². The average molecular weight is 810 g/mol. The number of imidazole rings is 1. The summed E-state index contributed by atoms with van der Waals surface area (Å²) in [4.78, 5) is 68.1. The molecule has 1 unspecified atom stereocenters. The van der Waals surface area contributed by atoms with Gasteiger partial charge in [0.25, 0.3) is 5.91 Å². The summed E-state index contributed by atoms with van der Waals surface area (Å²) in [6.07, 6.45) is 7.35. The molecule has 0 aliphatic carbocycles. The van der Waals surface area contributed by atoms with Crippen molar-refractivity contribution in [3.05, 3.63) is 93.2 Å². The fourth-order valence-corrected chi connectivity index (χ4v) is 9.20. The minimum absolute atomic E-state index is 0.0412. The summed E-state index contributed by atoms with van der Waals surface area (Å²) in [6, 6.07) is 21.5. The summed E-state index contributed by atoms with van der Waals surface area (Å²) in [5.41, 5.74) is 6.80. The lowest BCUT2D eigenvalue weighted by atomic mass is 10.0. The lowest BCUT2D eigenvalue weighted by Gasteiger charge is -2.21. The van der Waals surface area contributed by atoms with E-state index in [0.717, 1.165) is 93.1 Å². The minimum Gasteiger partial charge on any atom is -0.381 e. The van der Waals surface area contributed by atoms with Crippen molar-refractivity contribution in [2.45, 2.75) is 83.2 Å². The monoisotopic (exact) mass is 809 g/mol. The van der Waals surface area contributed by atoms with E-state index in [1.807, 2.05) is 67.6 Å². The second-order valence-corrected chi connectivity index (χ2v) is 16.6. The van der Waals surface area contributed by atoms with Crippen LogP contribution in [-0.2, 0) is 27.9 Å². The number of amides is 4. The second-order valence-electron chi connectivity index (χ2n) is 15.5. The summed E-state index contributed by atoms with van der Waals surface area (Å²) in [6.45, 7) is 3.16. The Morgan fingerprint density at radius 3 is 2.68 bits per heavy atom. The number of benzene rings is 3. The highest BCUT2D eigenvalue weighted by atomic mass is 32.1. The molecule has 2 aliphatic heterocycles. The highest BCUT2D eigenvalue weighted by Crippen LogP contribution is 2.41. The molecule has 2 atom stereocenters. The molecule has 4 N–H and O–H groups in total. The molecule has 1 fully saturated rings. The zero-order chi connectivity index (χ0) is 41.0. The predicted molar refractivity (Wildman–Crippen MR) is 232 cm³/mol. The summed E-state index contributed by atoms with van der Waals surface area (Å²) in [5, 5.41) is 13.9. The molecule has 0 saturated carbocycles. The van der Waals surface area contributed by atoms with Crippen molar-refractivity contribution in [3.63, 3.8) is 0 Å². The lowest BCUT2D eigenvalue weighted by molar-refractivity contribution is -0.135. The second kappa shape index (κ2) is 17.3. The highest BCUT2D eigenvalue weighted by Gasteiger charge is 2.31. The van der Waals surface area contributed by atoms with E-state index >= 15 is 0 Å². The Balaban J connectivity index is 0.760. The number of unbranched alkanes of at least 4 members (excludes halogenated alkanes) is 4. The van der Waals surface area contributed by atoms with Gasteiger partial charge < -0.3 is 16.0 Å². The SMILES string of the molecule is C[C@@H]1CNc2c(sc3ccc4nc(-c5cccc(C#CCCNC(=O)CCCCCCCc6ccc7c(c6)n(C)c(=O)n7C6CCC(=O)NC6=O)c5)ccc4c23)C(=O)N1. The zero-order valence-electron chi connectivity index (χ0n) is 33.3. The van der Waals surface area contributed by atoms with Gasteiger partial charge in [-0.15, -0.1) is 11.3 Å². The van der Waals surface area contributed by atoms with Crippen molar-refractivity contribution in [1.29, 1.82) is 0 Å². The molecule has 6 aromatic rings. The quantitative estimate of drug-likeness (QED) is 0.0607. The zero-order valence-corrected chi connectivity index (χ0v) is 34.1. The highest BCUT2D eigenvalue weighted by molar-refractivity contribution is 7.21. The van der Waals surface area contributed by atoms with Crippen LogP contribution >= 0.6 is 11.3 Å². The Kier molecular flexibility index (Phi) is 11.6. The first-order chi connectivity index (χ1) is 28.6. The van der Waals surface area contributed by atoms with Crippen LogP contribution < -0.4 is 27.0 Å². The van der Waals surface area contributed by atoms with Gasteiger partial charge in [0.05, 0.1) is 27.9 Å². The van der Waals surface area contributed by atoms with Crippen LogP contribution in [-0.4, -0.2) is 56.9 Å². The number of hydrogen-bond acceptors (Lipinski definition) is 8. The van der Waals surface area contributed by atoms with Crippen LogP contribution in [0.4, 0.5) is 5.69 Å². The van der Waals surface area contributed by atoms with Gasteiger partial charge >= 0.3 is 5.69 Å². The molecule has 3 aromatic heterocycles. The fraction of sp³-hybridized carbons (Fsp3) is 0.348. The van der Waals surface area contributed by atoms with Crippen molar-refractivity contribution >= 4 is 72.7 Å². The standard InChI is InChI=1S/C46H47N7O5S/c1-28-27-48-42-41-32-17-18-33(50-34(32)19-22-38(41)59-43(42)45(57)49-28)31-14-10-13-29(25-31)12-8-9-24-47-39(54)15-7-5-3-4-6-11-30-16-20-35-37(26-30)52(2)46(58)53(35)36-21-23-40(55)51-44(36)56/h10,13-14,16-20,22,25-26,28,36,48H,3-7,9,11,15,21,23-24,27H2,1-2H3,(H,47,54)(H,49,57)(H,51,55,56)/t28-,36?/m1/s1. The van der Waals surface area contributed by atoms with Gasteiger partial charge in [-0.3, -0.25) is 33.6 Å². The number of pyridine rings is 1. The largest absolute Gasteiger partial charge is 0.381 e. The topological polar surface area (TPSA) is 156 Å². The fourth-order valence-electron chi connectivity index (χ4n) is 8.10. The van der Waals surface area contributed by atoms with E-state index in [1.165, 1.54) is 15.9 Å².